The summed E-state index contributed by atoms with van der Waals surface area (Å²) in [4.78, 5) is 27.9. The molecule has 2 amide bonds. The van der Waals surface area contributed by atoms with Crippen molar-refractivity contribution >= 4 is 11.8 Å². The van der Waals surface area contributed by atoms with Gasteiger partial charge < -0.3 is 20.1 Å². The van der Waals surface area contributed by atoms with Crippen LogP contribution in [0.25, 0.3) is 0 Å². The first kappa shape index (κ1) is 18.3. The molecule has 7 nitrogen and oxygen atoms in total. The summed E-state index contributed by atoms with van der Waals surface area (Å²) in [6.45, 7) is 0.886. The van der Waals surface area contributed by atoms with Crippen LogP contribution in [0, 0.1) is 0 Å². The molecule has 2 N–H and O–H groups in total. The predicted octanol–water partition coefficient (Wildman–Crippen LogP) is 1.65. The van der Waals surface area contributed by atoms with Crippen LogP contribution in [0.1, 0.15) is 27.3 Å². The van der Waals surface area contributed by atoms with Crippen LogP contribution in [0.15, 0.2) is 42.6 Å². The van der Waals surface area contributed by atoms with Crippen molar-refractivity contribution in [3.05, 3.63) is 53.9 Å². The highest BCUT2D eigenvalue weighted by atomic mass is 16.5. The zero-order valence-electron chi connectivity index (χ0n) is 14.2. The Morgan fingerprint density at radius 3 is 2.32 bits per heavy atom. The molecule has 7 heteroatoms. The maximum Gasteiger partial charge on any atom is 0.269 e. The Balaban J connectivity index is 1.74. The summed E-state index contributed by atoms with van der Waals surface area (Å²) in [6.07, 6.45) is 2.18. The topological polar surface area (TPSA) is 89.6 Å². The summed E-state index contributed by atoms with van der Waals surface area (Å²) in [5.41, 5.74) is 0.854. The molecule has 132 valence electrons. The molecule has 1 heterocycles. The third kappa shape index (κ3) is 5.20. The van der Waals surface area contributed by atoms with Crippen molar-refractivity contribution in [2.45, 2.75) is 6.42 Å². The molecular formula is C18H21N3O4. The van der Waals surface area contributed by atoms with E-state index in [-0.39, 0.29) is 11.8 Å². The van der Waals surface area contributed by atoms with Gasteiger partial charge in [0.25, 0.3) is 11.8 Å². The molecule has 0 fully saturated rings. The van der Waals surface area contributed by atoms with E-state index < -0.39 is 0 Å². The molecule has 0 spiro atoms. The number of hydrogen-bond donors (Lipinski definition) is 2. The van der Waals surface area contributed by atoms with Crippen LogP contribution in [0.2, 0.25) is 0 Å². The smallest absolute Gasteiger partial charge is 0.269 e. The highest BCUT2D eigenvalue weighted by Crippen LogP contribution is 2.27. The number of ether oxygens (including phenoxy) is 2. The quantitative estimate of drug-likeness (QED) is 0.712. The lowest BCUT2D eigenvalue weighted by atomic mass is 10.2. The fraction of sp³-hybridized carbons (Fsp3) is 0.278. The fourth-order valence-corrected chi connectivity index (χ4v) is 2.16. The zero-order valence-corrected chi connectivity index (χ0v) is 14.2. The lowest BCUT2D eigenvalue weighted by Crippen LogP contribution is -2.30. The maximum absolute atomic E-state index is 12.1. The SMILES string of the molecule is COc1ccc(C(=O)NCCCNC(=O)c2ccccn2)cc1OC. The third-order valence-corrected chi connectivity index (χ3v) is 3.47. The van der Waals surface area contributed by atoms with Gasteiger partial charge in [0.05, 0.1) is 14.2 Å². The van der Waals surface area contributed by atoms with E-state index in [2.05, 4.69) is 15.6 Å². The number of methoxy groups -OCH3 is 2. The number of rotatable bonds is 8. The Morgan fingerprint density at radius 2 is 1.68 bits per heavy atom. The Hall–Kier alpha value is -3.09. The standard InChI is InChI=1S/C18H21N3O4/c1-24-15-8-7-13(12-16(15)25-2)17(22)20-10-5-11-21-18(23)14-6-3-4-9-19-14/h3-4,6-9,12H,5,10-11H2,1-2H3,(H,20,22)(H,21,23). The monoisotopic (exact) mass is 343 g/mol. The summed E-state index contributed by atoms with van der Waals surface area (Å²) >= 11 is 0. The van der Waals surface area contributed by atoms with Crippen molar-refractivity contribution in [2.24, 2.45) is 0 Å². The van der Waals surface area contributed by atoms with Gasteiger partial charge in [-0.05, 0) is 36.8 Å². The van der Waals surface area contributed by atoms with Crippen LogP contribution >= 0.6 is 0 Å². The number of nitrogens with one attached hydrogen (secondary N) is 2. The van der Waals surface area contributed by atoms with Crippen molar-refractivity contribution < 1.29 is 19.1 Å². The summed E-state index contributed by atoms with van der Waals surface area (Å²) in [6, 6.07) is 10.1. The minimum atomic E-state index is -0.230. The molecular weight excluding hydrogens is 322 g/mol. The Labute approximate surface area is 146 Å². The Bertz CT molecular complexity index is 720. The molecule has 0 aliphatic rings. The molecule has 0 bridgehead atoms. The Morgan fingerprint density at radius 1 is 0.960 bits per heavy atom. The van der Waals surface area contributed by atoms with Crippen molar-refractivity contribution in [2.75, 3.05) is 27.3 Å². The molecule has 0 unspecified atom stereocenters. The fourth-order valence-electron chi connectivity index (χ4n) is 2.16. The third-order valence-electron chi connectivity index (χ3n) is 3.47. The average Bonchev–Trinajstić information content (AvgIpc) is 2.67. The van der Waals surface area contributed by atoms with Gasteiger partial charge in [0.2, 0.25) is 0 Å². The van der Waals surface area contributed by atoms with Gasteiger partial charge >= 0.3 is 0 Å². The average molecular weight is 343 g/mol. The van der Waals surface area contributed by atoms with Crippen LogP contribution in [0.3, 0.4) is 0 Å². The van der Waals surface area contributed by atoms with Crippen molar-refractivity contribution in [1.82, 2.24) is 15.6 Å². The number of hydrogen-bond acceptors (Lipinski definition) is 5. The minimum absolute atomic E-state index is 0.211. The minimum Gasteiger partial charge on any atom is -0.493 e. The first-order valence-electron chi connectivity index (χ1n) is 7.85. The highest BCUT2D eigenvalue weighted by molar-refractivity contribution is 5.95. The molecule has 25 heavy (non-hydrogen) atoms. The molecule has 1 aromatic heterocycles. The van der Waals surface area contributed by atoms with E-state index >= 15 is 0 Å². The van der Waals surface area contributed by atoms with E-state index in [0.29, 0.717) is 42.3 Å². The van der Waals surface area contributed by atoms with Crippen molar-refractivity contribution in [3.8, 4) is 11.5 Å². The summed E-state index contributed by atoms with van der Waals surface area (Å²) in [5, 5.41) is 5.56. The zero-order chi connectivity index (χ0) is 18.1. The molecule has 0 atom stereocenters. The summed E-state index contributed by atoms with van der Waals surface area (Å²) in [5.74, 6) is 0.623. The number of amides is 2. The van der Waals surface area contributed by atoms with Gasteiger partial charge in [0.1, 0.15) is 5.69 Å². The van der Waals surface area contributed by atoms with Crippen LogP contribution in [0.5, 0.6) is 11.5 Å². The largest absolute Gasteiger partial charge is 0.493 e. The van der Waals surface area contributed by atoms with E-state index in [0.717, 1.165) is 0 Å². The van der Waals surface area contributed by atoms with E-state index in [4.69, 9.17) is 9.47 Å². The first-order chi connectivity index (χ1) is 12.2. The van der Waals surface area contributed by atoms with Gasteiger partial charge in [-0.25, -0.2) is 0 Å². The van der Waals surface area contributed by atoms with Gasteiger partial charge in [-0.1, -0.05) is 6.07 Å². The lowest BCUT2D eigenvalue weighted by Gasteiger charge is -2.10. The first-order valence-corrected chi connectivity index (χ1v) is 7.85. The van der Waals surface area contributed by atoms with Gasteiger partial charge in [-0.3, -0.25) is 14.6 Å². The van der Waals surface area contributed by atoms with Gasteiger partial charge in [0.15, 0.2) is 11.5 Å². The molecule has 0 aliphatic heterocycles. The van der Waals surface area contributed by atoms with Gasteiger partial charge in [-0.2, -0.15) is 0 Å². The molecule has 1 aromatic carbocycles. The second-order valence-electron chi connectivity index (χ2n) is 5.15. The summed E-state index contributed by atoms with van der Waals surface area (Å²) in [7, 11) is 3.06. The second kappa shape index (κ2) is 9.27. The van der Waals surface area contributed by atoms with Crippen molar-refractivity contribution in [3.63, 3.8) is 0 Å². The van der Waals surface area contributed by atoms with Crippen LogP contribution < -0.4 is 20.1 Å². The second-order valence-corrected chi connectivity index (χ2v) is 5.15. The molecule has 0 radical (unpaired) electrons. The van der Waals surface area contributed by atoms with E-state index in [1.54, 1.807) is 42.6 Å². The molecule has 0 saturated carbocycles. The molecule has 0 aliphatic carbocycles. The van der Waals surface area contributed by atoms with Crippen LogP contribution in [-0.4, -0.2) is 44.1 Å². The highest BCUT2D eigenvalue weighted by Gasteiger charge is 2.10. The van der Waals surface area contributed by atoms with E-state index in [1.165, 1.54) is 14.2 Å². The molecule has 2 rings (SSSR count). The van der Waals surface area contributed by atoms with Gasteiger partial charge in [-0.15, -0.1) is 0 Å². The predicted molar refractivity (Wildman–Crippen MR) is 93.1 cm³/mol. The number of pyridine rings is 1. The number of nitrogens with zero attached hydrogens (tertiary/aromatic N) is 1. The maximum atomic E-state index is 12.1. The molecule has 0 saturated heterocycles. The van der Waals surface area contributed by atoms with E-state index in [9.17, 15) is 9.59 Å². The number of benzene rings is 1. The normalized spacial score (nSPS) is 10.0. The van der Waals surface area contributed by atoms with Crippen LogP contribution in [-0.2, 0) is 0 Å². The lowest BCUT2D eigenvalue weighted by molar-refractivity contribution is 0.0948. The van der Waals surface area contributed by atoms with Crippen LogP contribution in [0.4, 0.5) is 0 Å². The number of aromatic nitrogens is 1. The number of carbonyl (C=O) groups excluding carboxylic acids is 2. The number of carbonyl (C=O) groups is 2. The molecule has 2 aromatic rings. The Kier molecular flexibility index (Phi) is 6.76. The van der Waals surface area contributed by atoms with Crippen molar-refractivity contribution in [1.29, 1.82) is 0 Å². The van der Waals surface area contributed by atoms with E-state index in [1.807, 2.05) is 0 Å². The summed E-state index contributed by atoms with van der Waals surface area (Å²) < 4.78 is 10.3. The van der Waals surface area contributed by atoms with Gasteiger partial charge in [0, 0.05) is 24.8 Å².